The third-order valence-corrected chi connectivity index (χ3v) is 3.71. The molecule has 0 aromatic carbocycles. The van der Waals surface area contributed by atoms with Crippen LogP contribution in [0, 0.1) is 5.92 Å². The molecule has 0 bridgehead atoms. The van der Waals surface area contributed by atoms with Crippen molar-refractivity contribution in [2.24, 2.45) is 5.92 Å². The third kappa shape index (κ3) is 5.83. The summed E-state index contributed by atoms with van der Waals surface area (Å²) in [5, 5.41) is 9.51. The Morgan fingerprint density at radius 2 is 2.11 bits per heavy atom. The lowest BCUT2D eigenvalue weighted by Gasteiger charge is -2.32. The Bertz CT molecular complexity index is 235. The molecule has 1 atom stereocenters. The molecule has 1 aliphatic heterocycles. The van der Waals surface area contributed by atoms with E-state index in [2.05, 4.69) is 11.8 Å². The molecule has 4 nitrogen and oxygen atoms in total. The van der Waals surface area contributed by atoms with Crippen molar-refractivity contribution in [1.82, 2.24) is 4.90 Å². The van der Waals surface area contributed by atoms with Crippen LogP contribution in [-0.2, 0) is 9.53 Å². The quantitative estimate of drug-likeness (QED) is 0.558. The van der Waals surface area contributed by atoms with Crippen LogP contribution in [-0.4, -0.2) is 48.3 Å². The van der Waals surface area contributed by atoms with Crippen LogP contribution in [0.4, 0.5) is 0 Å². The Hall–Kier alpha value is -0.610. The van der Waals surface area contributed by atoms with Crippen molar-refractivity contribution in [3.8, 4) is 0 Å². The lowest BCUT2D eigenvalue weighted by atomic mass is 9.92. The van der Waals surface area contributed by atoms with Crippen molar-refractivity contribution >= 4 is 5.97 Å². The van der Waals surface area contributed by atoms with E-state index in [0.29, 0.717) is 18.9 Å². The number of rotatable bonds is 7. The van der Waals surface area contributed by atoms with Gasteiger partial charge in [0.15, 0.2) is 0 Å². The Kier molecular flexibility index (Phi) is 7.28. The molecule has 0 spiro atoms. The first-order valence-electron chi connectivity index (χ1n) is 7.19. The maximum absolute atomic E-state index is 11.4. The van der Waals surface area contributed by atoms with E-state index in [1.165, 1.54) is 0 Å². The summed E-state index contributed by atoms with van der Waals surface area (Å²) in [5.74, 6) is 0.346. The van der Waals surface area contributed by atoms with Crippen molar-refractivity contribution in [2.75, 3.05) is 26.2 Å². The monoisotopic (exact) mass is 257 g/mol. The predicted octanol–water partition coefficient (Wildman–Crippen LogP) is 1.81. The molecule has 1 rings (SSSR count). The minimum Gasteiger partial charge on any atom is -0.466 e. The highest BCUT2D eigenvalue weighted by molar-refractivity contribution is 5.69. The van der Waals surface area contributed by atoms with Crippen molar-refractivity contribution in [3.05, 3.63) is 0 Å². The summed E-state index contributed by atoms with van der Waals surface area (Å²) in [6.07, 6.45) is 4.35. The van der Waals surface area contributed by atoms with Crippen LogP contribution < -0.4 is 0 Å². The summed E-state index contributed by atoms with van der Waals surface area (Å²) >= 11 is 0. The third-order valence-electron chi connectivity index (χ3n) is 3.71. The van der Waals surface area contributed by atoms with Gasteiger partial charge < -0.3 is 14.7 Å². The van der Waals surface area contributed by atoms with Gasteiger partial charge in [-0.15, -0.1) is 0 Å². The normalized spacial score (nSPS) is 19.7. The molecular weight excluding hydrogens is 230 g/mol. The molecule has 0 amide bonds. The highest BCUT2D eigenvalue weighted by Gasteiger charge is 2.22. The second-order valence-corrected chi connectivity index (χ2v) is 5.24. The molecule has 1 N–H and O–H groups in total. The van der Waals surface area contributed by atoms with E-state index in [1.54, 1.807) is 0 Å². The first-order chi connectivity index (χ1) is 8.63. The molecule has 1 saturated heterocycles. The molecule has 1 unspecified atom stereocenters. The fraction of sp³-hybridized carbons (Fsp3) is 0.929. The highest BCUT2D eigenvalue weighted by atomic mass is 16.5. The number of aliphatic hydroxyl groups excluding tert-OH is 1. The Balaban J connectivity index is 2.08. The van der Waals surface area contributed by atoms with E-state index >= 15 is 0 Å². The van der Waals surface area contributed by atoms with Gasteiger partial charge in [-0.1, -0.05) is 13.3 Å². The molecule has 18 heavy (non-hydrogen) atoms. The fourth-order valence-corrected chi connectivity index (χ4v) is 2.31. The number of nitrogens with zero attached hydrogens (tertiary/aromatic N) is 1. The Morgan fingerprint density at radius 1 is 1.44 bits per heavy atom. The Labute approximate surface area is 110 Å². The maximum atomic E-state index is 11.4. The molecule has 0 saturated carbocycles. The number of hydrogen-bond acceptors (Lipinski definition) is 4. The molecule has 0 aromatic rings. The Morgan fingerprint density at radius 3 is 2.67 bits per heavy atom. The van der Waals surface area contributed by atoms with Gasteiger partial charge in [-0.2, -0.15) is 0 Å². The van der Waals surface area contributed by atoms with Crippen molar-refractivity contribution in [3.63, 3.8) is 0 Å². The first-order valence-corrected chi connectivity index (χ1v) is 7.19. The van der Waals surface area contributed by atoms with Crippen molar-refractivity contribution in [1.29, 1.82) is 0 Å². The van der Waals surface area contributed by atoms with E-state index < -0.39 is 0 Å². The molecule has 1 heterocycles. The number of carbonyl (C=O) groups excluding carboxylic acids is 1. The van der Waals surface area contributed by atoms with Gasteiger partial charge in [0.2, 0.25) is 0 Å². The van der Waals surface area contributed by atoms with Crippen LogP contribution in [0.5, 0.6) is 0 Å². The van der Waals surface area contributed by atoms with Crippen molar-refractivity contribution in [2.45, 2.75) is 52.1 Å². The van der Waals surface area contributed by atoms with Crippen LogP contribution in [0.1, 0.15) is 46.0 Å². The van der Waals surface area contributed by atoms with Crippen LogP contribution in [0.3, 0.4) is 0 Å². The largest absolute Gasteiger partial charge is 0.466 e. The average molecular weight is 257 g/mol. The zero-order valence-corrected chi connectivity index (χ0v) is 11.7. The highest BCUT2D eigenvalue weighted by Crippen LogP contribution is 2.20. The molecule has 0 radical (unpaired) electrons. The topological polar surface area (TPSA) is 49.8 Å². The molecule has 1 fully saturated rings. The summed E-state index contributed by atoms with van der Waals surface area (Å²) in [6.45, 7) is 7.26. The van der Waals surface area contributed by atoms with E-state index in [4.69, 9.17) is 4.74 Å². The smallest absolute Gasteiger partial charge is 0.307 e. The lowest BCUT2D eigenvalue weighted by Crippen LogP contribution is -2.38. The summed E-state index contributed by atoms with van der Waals surface area (Å²) in [6, 6.07) is 0. The summed E-state index contributed by atoms with van der Waals surface area (Å²) in [7, 11) is 0. The number of piperidine rings is 1. The second kappa shape index (κ2) is 8.48. The van der Waals surface area contributed by atoms with Gasteiger partial charge in [-0.25, -0.2) is 0 Å². The summed E-state index contributed by atoms with van der Waals surface area (Å²) in [4.78, 5) is 13.7. The van der Waals surface area contributed by atoms with Crippen LogP contribution in [0.25, 0.3) is 0 Å². The molecule has 106 valence electrons. The molecule has 0 aromatic heterocycles. The van der Waals surface area contributed by atoms with Gasteiger partial charge in [0.05, 0.1) is 19.1 Å². The van der Waals surface area contributed by atoms with Crippen LogP contribution in [0.15, 0.2) is 0 Å². The SMILES string of the molecule is CCCCOC(=O)CCN1CCC(C(C)O)CC1. The standard InChI is InChI=1S/C14H27NO3/c1-3-4-11-18-14(17)7-10-15-8-5-13(6-9-15)12(2)16/h12-13,16H,3-11H2,1-2H3. The second-order valence-electron chi connectivity index (χ2n) is 5.24. The maximum Gasteiger partial charge on any atom is 0.307 e. The number of carbonyl (C=O) groups is 1. The number of hydrogen-bond donors (Lipinski definition) is 1. The average Bonchev–Trinajstić information content (AvgIpc) is 2.37. The molecule has 4 heteroatoms. The zero-order chi connectivity index (χ0) is 13.4. The van der Waals surface area contributed by atoms with Gasteiger partial charge in [0.25, 0.3) is 0 Å². The number of likely N-dealkylation sites (tertiary alicyclic amines) is 1. The predicted molar refractivity (Wildman–Crippen MR) is 71.3 cm³/mol. The number of unbranched alkanes of at least 4 members (excludes halogenated alkanes) is 1. The summed E-state index contributed by atoms with van der Waals surface area (Å²) in [5.41, 5.74) is 0. The van der Waals surface area contributed by atoms with Crippen molar-refractivity contribution < 1.29 is 14.6 Å². The molecular formula is C14H27NO3. The van der Waals surface area contributed by atoms with Gasteiger partial charge in [-0.3, -0.25) is 4.79 Å². The number of ether oxygens (including phenoxy) is 1. The van der Waals surface area contributed by atoms with E-state index in [-0.39, 0.29) is 12.1 Å². The molecule has 1 aliphatic rings. The molecule has 0 aliphatic carbocycles. The minimum absolute atomic E-state index is 0.0823. The van der Waals surface area contributed by atoms with Gasteiger partial charge in [0.1, 0.15) is 0 Å². The van der Waals surface area contributed by atoms with Gasteiger partial charge >= 0.3 is 5.97 Å². The van der Waals surface area contributed by atoms with E-state index in [1.807, 2.05) is 6.92 Å². The number of esters is 1. The summed E-state index contributed by atoms with van der Waals surface area (Å²) < 4.78 is 5.13. The minimum atomic E-state index is -0.203. The zero-order valence-electron chi connectivity index (χ0n) is 11.7. The fourth-order valence-electron chi connectivity index (χ4n) is 2.31. The van der Waals surface area contributed by atoms with Gasteiger partial charge in [-0.05, 0) is 45.2 Å². The van der Waals surface area contributed by atoms with Crippen LogP contribution >= 0.6 is 0 Å². The van der Waals surface area contributed by atoms with E-state index in [0.717, 1.165) is 45.3 Å². The van der Waals surface area contributed by atoms with Gasteiger partial charge in [0, 0.05) is 6.54 Å². The van der Waals surface area contributed by atoms with E-state index in [9.17, 15) is 9.90 Å². The van der Waals surface area contributed by atoms with Crippen LogP contribution in [0.2, 0.25) is 0 Å². The lowest BCUT2D eigenvalue weighted by molar-refractivity contribution is -0.144. The first kappa shape index (κ1) is 15.4. The number of aliphatic hydroxyl groups is 1.